The standard InChI is InChI=1S/C29H35N5O2S2.C3H8.C2H6/c1-38(36)33-9-7-23(8-10-33)34-16-25(20-3-2-4-21(12-20)27(30)37)24-6-5-19(11-26(24)34)15-32-28(35)22-13-29(14-22)17-31-18-29;1-3-2;1-2/h2-6,11-12,16,22-23,31H,7-10,13-15,17-18H2,1H3,(H2,30,37)(H,32,35);3H2,1-2H3;1-2H3. The van der Waals surface area contributed by atoms with Gasteiger partial charge in [-0.1, -0.05) is 76.7 Å². The van der Waals surface area contributed by atoms with E-state index in [9.17, 15) is 9.00 Å². The van der Waals surface area contributed by atoms with Gasteiger partial charge in [-0.3, -0.25) is 4.79 Å². The third kappa shape index (κ3) is 7.56. The highest BCUT2D eigenvalue weighted by molar-refractivity contribution is 7.81. The predicted octanol–water partition coefficient (Wildman–Crippen LogP) is 5.93. The van der Waals surface area contributed by atoms with Gasteiger partial charge in [-0.2, -0.15) is 0 Å². The van der Waals surface area contributed by atoms with Gasteiger partial charge in [0.05, 0.1) is 11.0 Å². The van der Waals surface area contributed by atoms with Crippen molar-refractivity contribution in [2.24, 2.45) is 17.1 Å². The largest absolute Gasteiger partial charge is 0.389 e. The zero-order chi connectivity index (χ0) is 31.1. The number of hydrogen-bond acceptors (Lipinski definition) is 4. The van der Waals surface area contributed by atoms with Crippen LogP contribution in [0.2, 0.25) is 0 Å². The summed E-state index contributed by atoms with van der Waals surface area (Å²) in [5.74, 6) is 0.319. The molecule has 1 aliphatic carbocycles. The Morgan fingerprint density at radius 2 is 1.79 bits per heavy atom. The van der Waals surface area contributed by atoms with Crippen LogP contribution in [-0.2, 0) is 22.3 Å². The van der Waals surface area contributed by atoms with Crippen LogP contribution in [0.4, 0.5) is 0 Å². The smallest absolute Gasteiger partial charge is 0.223 e. The third-order valence-corrected chi connectivity index (χ3v) is 10.1. The molecule has 1 unspecified atom stereocenters. The normalized spacial score (nSPS) is 18.8. The molecular weight excluding hydrogens is 575 g/mol. The lowest BCUT2D eigenvalue weighted by molar-refractivity contribution is -0.135. The molecule has 3 aliphatic rings. The highest BCUT2D eigenvalue weighted by Gasteiger charge is 2.50. The van der Waals surface area contributed by atoms with Crippen molar-refractivity contribution in [2.75, 3.05) is 32.4 Å². The molecule has 6 rings (SSSR count). The lowest BCUT2D eigenvalue weighted by atomic mass is 9.58. The first-order valence-corrected chi connectivity index (χ1v) is 17.8. The van der Waals surface area contributed by atoms with Gasteiger partial charge in [-0.15, -0.1) is 0 Å². The summed E-state index contributed by atoms with van der Waals surface area (Å²) in [4.78, 5) is 13.2. The summed E-state index contributed by atoms with van der Waals surface area (Å²) < 4.78 is 16.4. The maximum Gasteiger partial charge on any atom is 0.223 e. The molecule has 3 aromatic rings. The Labute approximate surface area is 265 Å². The Hall–Kier alpha value is -2.59. The van der Waals surface area contributed by atoms with E-state index in [4.69, 9.17) is 18.0 Å². The first-order valence-electron chi connectivity index (χ1n) is 15.8. The Morgan fingerprint density at radius 3 is 2.37 bits per heavy atom. The van der Waals surface area contributed by atoms with Gasteiger partial charge in [-0.05, 0) is 54.4 Å². The molecule has 0 bridgehead atoms. The predicted molar refractivity (Wildman–Crippen MR) is 184 cm³/mol. The number of nitrogens with zero attached hydrogens (tertiary/aromatic N) is 2. The van der Waals surface area contributed by atoms with Gasteiger partial charge in [-0.25, -0.2) is 8.51 Å². The molecule has 4 N–H and O–H groups in total. The van der Waals surface area contributed by atoms with E-state index in [1.807, 2.05) is 30.3 Å². The van der Waals surface area contributed by atoms with Crippen molar-refractivity contribution < 1.29 is 9.00 Å². The van der Waals surface area contributed by atoms with E-state index in [1.165, 1.54) is 11.8 Å². The lowest BCUT2D eigenvalue weighted by Crippen LogP contribution is -2.62. The fraction of sp³-hybridized carbons (Fsp3) is 0.529. The van der Waals surface area contributed by atoms with Gasteiger partial charge in [0, 0.05) is 79.2 Å². The van der Waals surface area contributed by atoms with E-state index in [1.54, 1.807) is 6.26 Å². The van der Waals surface area contributed by atoms with Gasteiger partial charge in [0.1, 0.15) is 4.99 Å². The summed E-state index contributed by atoms with van der Waals surface area (Å²) in [6.07, 6.45) is 9.14. The van der Waals surface area contributed by atoms with E-state index < -0.39 is 11.0 Å². The number of nitrogens with one attached hydrogen (secondary N) is 2. The number of nitrogens with two attached hydrogens (primary N) is 1. The molecular formula is C34H49N5O2S2. The van der Waals surface area contributed by atoms with Gasteiger partial charge >= 0.3 is 0 Å². The highest BCUT2D eigenvalue weighted by atomic mass is 32.2. The lowest BCUT2D eigenvalue weighted by Gasteiger charge is -2.53. The maximum atomic E-state index is 12.8. The average Bonchev–Trinajstić information content (AvgIpc) is 3.35. The number of fused-ring (bicyclic) bond motifs is 1. The van der Waals surface area contributed by atoms with Crippen molar-refractivity contribution in [3.05, 3.63) is 59.8 Å². The number of benzene rings is 2. The quantitative estimate of drug-likeness (QED) is 0.284. The number of carbonyl (C=O) groups is 1. The molecule has 3 heterocycles. The van der Waals surface area contributed by atoms with Gasteiger partial charge in [0.15, 0.2) is 0 Å². The second-order valence-corrected chi connectivity index (χ2v) is 13.8. The minimum absolute atomic E-state index is 0.145. The Bertz CT molecular complexity index is 1430. The van der Waals surface area contributed by atoms with Crippen molar-refractivity contribution >= 4 is 45.0 Å². The summed E-state index contributed by atoms with van der Waals surface area (Å²) in [7, 11) is -0.939. The van der Waals surface area contributed by atoms with Crippen molar-refractivity contribution in [3.63, 3.8) is 0 Å². The monoisotopic (exact) mass is 623 g/mol. The molecule has 1 atom stereocenters. The Morgan fingerprint density at radius 1 is 1.12 bits per heavy atom. The van der Waals surface area contributed by atoms with Crippen molar-refractivity contribution in [1.82, 2.24) is 19.5 Å². The van der Waals surface area contributed by atoms with Crippen molar-refractivity contribution in [1.29, 1.82) is 0 Å². The Kier molecular flexibility index (Phi) is 11.6. The first kappa shape index (κ1) is 33.3. The second kappa shape index (κ2) is 14.9. The van der Waals surface area contributed by atoms with Crippen LogP contribution in [-0.4, -0.2) is 56.4 Å². The number of hydrogen-bond donors (Lipinski definition) is 3. The first-order chi connectivity index (χ1) is 20.7. The number of aromatic nitrogens is 1. The minimum Gasteiger partial charge on any atom is -0.389 e. The van der Waals surface area contributed by atoms with E-state index in [0.29, 0.717) is 23.0 Å². The average molecular weight is 624 g/mol. The summed E-state index contributed by atoms with van der Waals surface area (Å²) in [6, 6.07) is 14.9. The molecule has 9 heteroatoms. The number of rotatable bonds is 7. The molecule has 2 saturated heterocycles. The molecule has 1 saturated carbocycles. The van der Waals surface area contributed by atoms with E-state index in [2.05, 4.69) is 65.6 Å². The number of thiocarbonyl (C=S) groups is 1. The summed E-state index contributed by atoms with van der Waals surface area (Å²) in [5, 5.41) is 7.69. The number of carbonyl (C=O) groups excluding carboxylic acids is 1. The molecule has 7 nitrogen and oxygen atoms in total. The van der Waals surface area contributed by atoms with E-state index in [0.717, 1.165) is 79.6 Å². The van der Waals surface area contributed by atoms with E-state index in [-0.39, 0.29) is 11.8 Å². The van der Waals surface area contributed by atoms with Crippen molar-refractivity contribution in [3.8, 4) is 11.1 Å². The minimum atomic E-state index is -0.939. The second-order valence-electron chi connectivity index (χ2n) is 12.0. The maximum absolute atomic E-state index is 12.8. The molecule has 2 aliphatic heterocycles. The molecule has 1 spiro atoms. The van der Waals surface area contributed by atoms with Crippen LogP contribution in [0, 0.1) is 11.3 Å². The fourth-order valence-electron chi connectivity index (χ4n) is 6.43. The molecule has 234 valence electrons. The summed E-state index contributed by atoms with van der Waals surface area (Å²) in [5.41, 5.74) is 11.7. The third-order valence-electron chi connectivity index (χ3n) is 8.73. The van der Waals surface area contributed by atoms with Crippen LogP contribution in [0.25, 0.3) is 22.0 Å². The topological polar surface area (TPSA) is 92.4 Å². The van der Waals surface area contributed by atoms with E-state index >= 15 is 0 Å². The number of piperidine rings is 1. The molecule has 0 radical (unpaired) electrons. The van der Waals surface area contributed by atoms with Crippen LogP contribution in [0.15, 0.2) is 48.7 Å². The molecule has 3 fully saturated rings. The molecule has 43 heavy (non-hydrogen) atoms. The molecule has 1 aromatic heterocycles. The van der Waals surface area contributed by atoms with Gasteiger partial charge in [0.25, 0.3) is 0 Å². The van der Waals surface area contributed by atoms with Crippen LogP contribution in [0.5, 0.6) is 0 Å². The Balaban J connectivity index is 0.000000798. The zero-order valence-corrected chi connectivity index (χ0v) is 28.1. The number of amides is 1. The van der Waals surface area contributed by atoms with Crippen molar-refractivity contribution in [2.45, 2.75) is 72.4 Å². The summed E-state index contributed by atoms with van der Waals surface area (Å²) >= 11 is 5.23. The molecule has 2 aromatic carbocycles. The van der Waals surface area contributed by atoms with Crippen LogP contribution in [0.3, 0.4) is 0 Å². The van der Waals surface area contributed by atoms with Gasteiger partial charge < -0.3 is 20.9 Å². The van der Waals surface area contributed by atoms with Crippen LogP contribution >= 0.6 is 12.2 Å². The van der Waals surface area contributed by atoms with Gasteiger partial charge in [0.2, 0.25) is 5.91 Å². The summed E-state index contributed by atoms with van der Waals surface area (Å²) in [6.45, 7) is 12.5. The van der Waals surface area contributed by atoms with Crippen LogP contribution < -0.4 is 16.4 Å². The SMILES string of the molecule is CC.CCC.CS(=O)N1CCC(n2cc(-c3cccc(C(N)=S)c3)c3ccc(CNC(=O)C4CC5(CNC5)C4)cc32)CC1. The highest BCUT2D eigenvalue weighted by Crippen LogP contribution is 2.48. The fourth-order valence-corrected chi connectivity index (χ4v) is 7.28. The van der Waals surface area contributed by atoms with Crippen LogP contribution in [0.1, 0.15) is 77.0 Å². The zero-order valence-electron chi connectivity index (χ0n) is 26.4. The molecule has 1 amide bonds.